The number of hydrogen-bond acceptors (Lipinski definition) is 3. The Balaban J connectivity index is 1.55. The van der Waals surface area contributed by atoms with Gasteiger partial charge in [-0.25, -0.2) is 0 Å². The molecule has 1 N–H and O–H groups in total. The van der Waals surface area contributed by atoms with Crippen LogP contribution in [-0.4, -0.2) is 26.4 Å². The second-order valence-electron chi connectivity index (χ2n) is 5.47. The van der Waals surface area contributed by atoms with Gasteiger partial charge in [-0.05, 0) is 30.9 Å². The topological polar surface area (TPSA) is 30.5 Å². The lowest BCUT2D eigenvalue weighted by atomic mass is 10.0. The quantitative estimate of drug-likeness (QED) is 0.809. The van der Waals surface area contributed by atoms with Gasteiger partial charge < -0.3 is 14.8 Å². The molecule has 1 unspecified atom stereocenters. The highest BCUT2D eigenvalue weighted by molar-refractivity contribution is 6.35. The van der Waals surface area contributed by atoms with E-state index in [1.54, 1.807) is 6.07 Å². The van der Waals surface area contributed by atoms with Crippen LogP contribution in [0.5, 0.6) is 5.75 Å². The van der Waals surface area contributed by atoms with Gasteiger partial charge in [0.2, 0.25) is 0 Å². The van der Waals surface area contributed by atoms with E-state index in [0.717, 1.165) is 43.4 Å². The fourth-order valence-corrected chi connectivity index (χ4v) is 3.04. The van der Waals surface area contributed by atoms with Crippen molar-refractivity contribution in [1.29, 1.82) is 0 Å². The summed E-state index contributed by atoms with van der Waals surface area (Å²) in [6.45, 7) is 3.16. The second-order valence-corrected chi connectivity index (χ2v) is 6.31. The van der Waals surface area contributed by atoms with E-state index in [4.69, 9.17) is 32.7 Å². The second kappa shape index (κ2) is 6.52. The number of benzene rings is 1. The highest BCUT2D eigenvalue weighted by Crippen LogP contribution is 2.39. The standard InChI is InChI=1S/C15H19Cl2NO2/c16-11-7-12-14(3-5-20-15(12)13(17)8-11)18-4-6-19-9-10-1-2-10/h7-8,10,14,18H,1-6,9H2. The highest BCUT2D eigenvalue weighted by Gasteiger charge is 2.24. The molecule has 1 heterocycles. The minimum Gasteiger partial charge on any atom is -0.492 e. The molecule has 1 aromatic carbocycles. The molecule has 1 atom stereocenters. The van der Waals surface area contributed by atoms with Crippen LogP contribution in [0.1, 0.15) is 30.9 Å². The highest BCUT2D eigenvalue weighted by atomic mass is 35.5. The van der Waals surface area contributed by atoms with Crippen LogP contribution < -0.4 is 10.1 Å². The average molecular weight is 316 g/mol. The summed E-state index contributed by atoms with van der Waals surface area (Å²) in [6.07, 6.45) is 3.59. The SMILES string of the molecule is Clc1cc(Cl)c2c(c1)C(NCCOCC1CC1)CCO2. The number of fused-ring (bicyclic) bond motifs is 1. The number of rotatable bonds is 6. The van der Waals surface area contributed by atoms with Crippen LogP contribution in [0.15, 0.2) is 12.1 Å². The molecule has 0 amide bonds. The fraction of sp³-hybridized carbons (Fsp3) is 0.600. The van der Waals surface area contributed by atoms with Gasteiger partial charge in [0.25, 0.3) is 0 Å². The Bertz CT molecular complexity index is 477. The molecular formula is C15H19Cl2NO2. The lowest BCUT2D eigenvalue weighted by Gasteiger charge is -2.27. The van der Waals surface area contributed by atoms with Crippen molar-refractivity contribution in [2.24, 2.45) is 5.92 Å². The van der Waals surface area contributed by atoms with Gasteiger partial charge in [0.05, 0.1) is 18.2 Å². The molecule has 5 heteroatoms. The number of nitrogens with one attached hydrogen (secondary N) is 1. The summed E-state index contributed by atoms with van der Waals surface area (Å²) >= 11 is 12.3. The van der Waals surface area contributed by atoms with E-state index in [-0.39, 0.29) is 6.04 Å². The molecule has 0 radical (unpaired) electrons. The molecule has 3 rings (SSSR count). The van der Waals surface area contributed by atoms with E-state index >= 15 is 0 Å². The molecule has 110 valence electrons. The van der Waals surface area contributed by atoms with Crippen molar-refractivity contribution in [3.63, 3.8) is 0 Å². The first kappa shape index (κ1) is 14.5. The van der Waals surface area contributed by atoms with Crippen LogP contribution in [0, 0.1) is 5.92 Å². The van der Waals surface area contributed by atoms with E-state index in [1.807, 2.05) is 6.07 Å². The summed E-state index contributed by atoms with van der Waals surface area (Å²) in [7, 11) is 0. The number of hydrogen-bond donors (Lipinski definition) is 1. The first-order valence-electron chi connectivity index (χ1n) is 7.17. The third-order valence-corrected chi connectivity index (χ3v) is 4.25. The molecular weight excluding hydrogens is 297 g/mol. The maximum atomic E-state index is 6.18. The molecule has 1 aliphatic carbocycles. The van der Waals surface area contributed by atoms with Crippen molar-refractivity contribution in [3.05, 3.63) is 27.7 Å². The van der Waals surface area contributed by atoms with Crippen LogP contribution in [0.25, 0.3) is 0 Å². The smallest absolute Gasteiger partial charge is 0.142 e. The zero-order valence-corrected chi connectivity index (χ0v) is 12.8. The maximum absolute atomic E-state index is 6.18. The largest absolute Gasteiger partial charge is 0.492 e. The molecule has 3 nitrogen and oxygen atoms in total. The van der Waals surface area contributed by atoms with Crippen molar-refractivity contribution in [1.82, 2.24) is 5.32 Å². The Morgan fingerprint density at radius 2 is 2.10 bits per heavy atom. The Hall–Kier alpha value is -0.480. The average Bonchev–Trinajstić information content (AvgIpc) is 3.23. The van der Waals surface area contributed by atoms with Gasteiger partial charge in [0.1, 0.15) is 5.75 Å². The molecule has 1 saturated carbocycles. The summed E-state index contributed by atoms with van der Waals surface area (Å²) in [4.78, 5) is 0. The van der Waals surface area contributed by atoms with Crippen LogP contribution in [0.4, 0.5) is 0 Å². The molecule has 2 aliphatic rings. The van der Waals surface area contributed by atoms with Crippen LogP contribution in [0.3, 0.4) is 0 Å². The number of ether oxygens (including phenoxy) is 2. The molecule has 0 bridgehead atoms. The van der Waals surface area contributed by atoms with Crippen LogP contribution in [0.2, 0.25) is 10.0 Å². The Kier molecular flexibility index (Phi) is 4.72. The lowest BCUT2D eigenvalue weighted by Crippen LogP contribution is -2.30. The van der Waals surface area contributed by atoms with Crippen molar-refractivity contribution in [3.8, 4) is 5.75 Å². The third-order valence-electron chi connectivity index (χ3n) is 3.75. The van der Waals surface area contributed by atoms with Gasteiger partial charge >= 0.3 is 0 Å². The summed E-state index contributed by atoms with van der Waals surface area (Å²) in [5, 5.41) is 4.74. The van der Waals surface area contributed by atoms with Gasteiger partial charge in [-0.1, -0.05) is 23.2 Å². The van der Waals surface area contributed by atoms with E-state index in [9.17, 15) is 0 Å². The Morgan fingerprint density at radius 3 is 2.90 bits per heavy atom. The summed E-state index contributed by atoms with van der Waals surface area (Å²) in [5.74, 6) is 1.58. The van der Waals surface area contributed by atoms with Gasteiger partial charge in [0.15, 0.2) is 0 Å². The van der Waals surface area contributed by atoms with Gasteiger partial charge in [-0.3, -0.25) is 0 Å². The van der Waals surface area contributed by atoms with Crippen molar-refractivity contribution in [2.75, 3.05) is 26.4 Å². The molecule has 20 heavy (non-hydrogen) atoms. The van der Waals surface area contributed by atoms with Crippen LogP contribution in [-0.2, 0) is 4.74 Å². The van der Waals surface area contributed by atoms with Gasteiger partial charge in [-0.2, -0.15) is 0 Å². The maximum Gasteiger partial charge on any atom is 0.142 e. The molecule has 0 aromatic heterocycles. The summed E-state index contributed by atoms with van der Waals surface area (Å²) in [5.41, 5.74) is 1.05. The molecule has 1 aromatic rings. The van der Waals surface area contributed by atoms with Crippen LogP contribution >= 0.6 is 23.2 Å². The van der Waals surface area contributed by atoms with Gasteiger partial charge in [-0.15, -0.1) is 0 Å². The third kappa shape index (κ3) is 3.59. The van der Waals surface area contributed by atoms with E-state index < -0.39 is 0 Å². The Labute approximate surface area is 129 Å². The predicted molar refractivity (Wildman–Crippen MR) is 80.9 cm³/mol. The predicted octanol–water partition coefficient (Wildman–Crippen LogP) is 3.83. The lowest BCUT2D eigenvalue weighted by molar-refractivity contribution is 0.122. The zero-order chi connectivity index (χ0) is 13.9. The molecule has 1 aliphatic heterocycles. The normalized spacial score (nSPS) is 21.4. The summed E-state index contributed by atoms with van der Waals surface area (Å²) < 4.78 is 11.3. The number of halogens is 2. The monoisotopic (exact) mass is 315 g/mol. The van der Waals surface area contributed by atoms with E-state index in [2.05, 4.69) is 5.32 Å². The fourth-order valence-electron chi connectivity index (χ4n) is 2.48. The van der Waals surface area contributed by atoms with E-state index in [0.29, 0.717) is 16.7 Å². The van der Waals surface area contributed by atoms with Crippen molar-refractivity contribution in [2.45, 2.75) is 25.3 Å². The summed E-state index contributed by atoms with van der Waals surface area (Å²) in [6, 6.07) is 3.90. The molecule has 1 fully saturated rings. The van der Waals surface area contributed by atoms with E-state index in [1.165, 1.54) is 12.8 Å². The first-order valence-corrected chi connectivity index (χ1v) is 7.92. The van der Waals surface area contributed by atoms with Crippen molar-refractivity contribution >= 4 is 23.2 Å². The van der Waals surface area contributed by atoms with Crippen molar-refractivity contribution < 1.29 is 9.47 Å². The minimum absolute atomic E-state index is 0.236. The molecule has 0 saturated heterocycles. The molecule has 0 spiro atoms. The van der Waals surface area contributed by atoms with Gasteiger partial charge in [0, 0.05) is 36.2 Å². The Morgan fingerprint density at radius 1 is 1.25 bits per heavy atom. The first-order chi connectivity index (χ1) is 9.74. The zero-order valence-electron chi connectivity index (χ0n) is 11.3. The minimum atomic E-state index is 0.236.